The highest BCUT2D eigenvalue weighted by Crippen LogP contribution is 2.30. The third-order valence-corrected chi connectivity index (χ3v) is 3.64. The Bertz CT molecular complexity index is 589. The Hall–Kier alpha value is -2.22. The van der Waals surface area contributed by atoms with E-state index in [0.717, 1.165) is 0 Å². The van der Waals surface area contributed by atoms with Crippen molar-refractivity contribution in [1.29, 1.82) is 0 Å². The van der Waals surface area contributed by atoms with Crippen LogP contribution in [0.25, 0.3) is 0 Å². The highest BCUT2D eigenvalue weighted by atomic mass is 15.4. The fourth-order valence-corrected chi connectivity index (χ4v) is 2.56. The molecule has 0 unspecified atom stereocenters. The molecule has 0 spiro atoms. The van der Waals surface area contributed by atoms with Crippen LogP contribution in [-0.4, -0.2) is 6.17 Å². The molecule has 2 aromatic rings. The van der Waals surface area contributed by atoms with Crippen molar-refractivity contribution in [2.45, 2.75) is 20.0 Å². The van der Waals surface area contributed by atoms with Crippen molar-refractivity contribution in [2.24, 2.45) is 0 Å². The molecule has 2 heteroatoms. The molecule has 2 nitrogen and oxygen atoms in total. The van der Waals surface area contributed by atoms with Gasteiger partial charge in [0.05, 0.1) is 0 Å². The summed E-state index contributed by atoms with van der Waals surface area (Å²) >= 11 is 0. The summed E-state index contributed by atoms with van der Waals surface area (Å²) in [5.41, 5.74) is 3.79. The molecule has 0 bridgehead atoms. The second-order valence-corrected chi connectivity index (χ2v) is 4.87. The van der Waals surface area contributed by atoms with Gasteiger partial charge in [0.2, 0.25) is 0 Å². The molecule has 1 aliphatic rings. The molecular weight excluding hydrogens is 232 g/mol. The average molecular weight is 250 g/mol. The highest BCUT2D eigenvalue weighted by molar-refractivity contribution is 5.63. The number of para-hydroxylation sites is 2. The Morgan fingerprint density at radius 1 is 0.789 bits per heavy atom. The Morgan fingerprint density at radius 3 is 2.16 bits per heavy atom. The van der Waals surface area contributed by atoms with Crippen LogP contribution in [0.1, 0.15) is 12.5 Å². The standard InChI is InChI=1S/C17H18N2/c1-14-8-6-7-11-17(14)19-13-12-18(15(19)2)16-9-4-3-5-10-16/h3-13,15H,1-2H3/t15-/m1/s1. The molecule has 19 heavy (non-hydrogen) atoms. The minimum absolute atomic E-state index is 0.295. The number of hydrogen-bond donors (Lipinski definition) is 0. The summed E-state index contributed by atoms with van der Waals surface area (Å²) in [4.78, 5) is 4.59. The van der Waals surface area contributed by atoms with E-state index in [4.69, 9.17) is 0 Å². The van der Waals surface area contributed by atoms with Gasteiger partial charge in [0, 0.05) is 23.8 Å². The Labute approximate surface area is 114 Å². The number of hydrogen-bond acceptors (Lipinski definition) is 2. The van der Waals surface area contributed by atoms with Crippen LogP contribution in [0.5, 0.6) is 0 Å². The number of benzene rings is 2. The quantitative estimate of drug-likeness (QED) is 0.790. The predicted molar refractivity (Wildman–Crippen MR) is 81.2 cm³/mol. The topological polar surface area (TPSA) is 6.48 Å². The summed E-state index contributed by atoms with van der Waals surface area (Å²) in [6.45, 7) is 4.38. The van der Waals surface area contributed by atoms with Crippen LogP contribution in [0.3, 0.4) is 0 Å². The first-order valence-electron chi connectivity index (χ1n) is 6.63. The largest absolute Gasteiger partial charge is 0.326 e. The zero-order chi connectivity index (χ0) is 13.2. The number of aryl methyl sites for hydroxylation is 1. The van der Waals surface area contributed by atoms with Gasteiger partial charge >= 0.3 is 0 Å². The first-order valence-corrected chi connectivity index (χ1v) is 6.63. The van der Waals surface area contributed by atoms with E-state index in [0.29, 0.717) is 6.17 Å². The van der Waals surface area contributed by atoms with Gasteiger partial charge in [-0.15, -0.1) is 0 Å². The fourth-order valence-electron chi connectivity index (χ4n) is 2.56. The van der Waals surface area contributed by atoms with Crippen LogP contribution in [0.15, 0.2) is 67.0 Å². The molecule has 1 aliphatic heterocycles. The van der Waals surface area contributed by atoms with Crippen molar-refractivity contribution in [2.75, 3.05) is 9.80 Å². The number of anilines is 2. The second-order valence-electron chi connectivity index (χ2n) is 4.87. The molecule has 96 valence electrons. The van der Waals surface area contributed by atoms with Gasteiger partial charge in [-0.3, -0.25) is 0 Å². The lowest BCUT2D eigenvalue weighted by molar-refractivity contribution is 0.748. The fraction of sp³-hybridized carbons (Fsp3) is 0.176. The van der Waals surface area contributed by atoms with Crippen molar-refractivity contribution in [1.82, 2.24) is 0 Å². The first-order chi connectivity index (χ1) is 9.27. The molecule has 0 N–H and O–H groups in total. The summed E-state index contributed by atoms with van der Waals surface area (Å²) in [7, 11) is 0. The molecule has 0 saturated carbocycles. The molecule has 3 rings (SSSR count). The van der Waals surface area contributed by atoms with Gasteiger partial charge in [-0.1, -0.05) is 36.4 Å². The number of nitrogens with zero attached hydrogens (tertiary/aromatic N) is 2. The lowest BCUT2D eigenvalue weighted by Crippen LogP contribution is -2.36. The molecule has 0 saturated heterocycles. The minimum atomic E-state index is 0.295. The minimum Gasteiger partial charge on any atom is -0.326 e. The van der Waals surface area contributed by atoms with Crippen molar-refractivity contribution in [3.63, 3.8) is 0 Å². The normalized spacial score (nSPS) is 18.1. The smallest absolute Gasteiger partial charge is 0.107 e. The highest BCUT2D eigenvalue weighted by Gasteiger charge is 2.24. The van der Waals surface area contributed by atoms with Gasteiger partial charge in [-0.2, -0.15) is 0 Å². The molecular formula is C17H18N2. The molecule has 0 fully saturated rings. The summed E-state index contributed by atoms with van der Waals surface area (Å²) < 4.78 is 0. The summed E-state index contributed by atoms with van der Waals surface area (Å²) in [6.07, 6.45) is 4.59. The maximum atomic E-state index is 2.31. The van der Waals surface area contributed by atoms with Gasteiger partial charge in [0.1, 0.15) is 6.17 Å². The molecule has 1 heterocycles. The Morgan fingerprint density at radius 2 is 1.42 bits per heavy atom. The van der Waals surface area contributed by atoms with Crippen LogP contribution in [0, 0.1) is 6.92 Å². The third kappa shape index (κ3) is 2.10. The lowest BCUT2D eigenvalue weighted by Gasteiger charge is -2.30. The Kier molecular flexibility index (Phi) is 3.00. The van der Waals surface area contributed by atoms with Gasteiger partial charge in [-0.25, -0.2) is 0 Å². The van der Waals surface area contributed by atoms with Crippen molar-refractivity contribution >= 4 is 11.4 Å². The lowest BCUT2D eigenvalue weighted by atomic mass is 10.2. The molecule has 0 amide bonds. The second kappa shape index (κ2) is 4.81. The van der Waals surface area contributed by atoms with E-state index >= 15 is 0 Å². The summed E-state index contributed by atoms with van der Waals surface area (Å²) in [5.74, 6) is 0. The van der Waals surface area contributed by atoms with Crippen LogP contribution in [0.2, 0.25) is 0 Å². The molecule has 0 aromatic heterocycles. The summed E-state index contributed by atoms with van der Waals surface area (Å²) in [6, 6.07) is 19.0. The van der Waals surface area contributed by atoms with E-state index in [-0.39, 0.29) is 0 Å². The van der Waals surface area contributed by atoms with Crippen LogP contribution in [0.4, 0.5) is 11.4 Å². The van der Waals surface area contributed by atoms with Gasteiger partial charge in [0.25, 0.3) is 0 Å². The van der Waals surface area contributed by atoms with Crippen LogP contribution >= 0.6 is 0 Å². The molecule has 0 radical (unpaired) electrons. The first kappa shape index (κ1) is 11.8. The predicted octanol–water partition coefficient (Wildman–Crippen LogP) is 4.14. The van der Waals surface area contributed by atoms with Gasteiger partial charge < -0.3 is 9.80 Å². The molecule has 2 aromatic carbocycles. The summed E-state index contributed by atoms with van der Waals surface area (Å²) in [5, 5.41) is 0. The van der Waals surface area contributed by atoms with Crippen molar-refractivity contribution in [3.05, 3.63) is 72.6 Å². The van der Waals surface area contributed by atoms with E-state index in [1.165, 1.54) is 16.9 Å². The SMILES string of the molecule is Cc1ccccc1N1C=CN(c2ccccc2)[C@H]1C. The van der Waals surface area contributed by atoms with E-state index in [9.17, 15) is 0 Å². The monoisotopic (exact) mass is 250 g/mol. The van der Waals surface area contributed by atoms with E-state index in [2.05, 4.69) is 84.6 Å². The van der Waals surface area contributed by atoms with E-state index < -0.39 is 0 Å². The zero-order valence-electron chi connectivity index (χ0n) is 11.3. The van der Waals surface area contributed by atoms with E-state index in [1.807, 2.05) is 6.07 Å². The van der Waals surface area contributed by atoms with Crippen LogP contribution < -0.4 is 9.80 Å². The van der Waals surface area contributed by atoms with Crippen molar-refractivity contribution in [3.8, 4) is 0 Å². The molecule has 1 atom stereocenters. The van der Waals surface area contributed by atoms with Crippen molar-refractivity contribution < 1.29 is 0 Å². The Balaban J connectivity index is 1.90. The third-order valence-electron chi connectivity index (χ3n) is 3.64. The maximum absolute atomic E-state index is 2.31. The van der Waals surface area contributed by atoms with Crippen LogP contribution in [-0.2, 0) is 0 Å². The number of rotatable bonds is 2. The average Bonchev–Trinajstić information content (AvgIpc) is 2.82. The van der Waals surface area contributed by atoms with E-state index in [1.54, 1.807) is 0 Å². The van der Waals surface area contributed by atoms with Gasteiger partial charge in [0.15, 0.2) is 0 Å². The maximum Gasteiger partial charge on any atom is 0.107 e. The zero-order valence-corrected chi connectivity index (χ0v) is 11.3. The van der Waals surface area contributed by atoms with Gasteiger partial charge in [-0.05, 0) is 37.6 Å². The molecule has 0 aliphatic carbocycles.